The van der Waals surface area contributed by atoms with Crippen molar-refractivity contribution in [1.29, 1.82) is 0 Å². The smallest absolute Gasteiger partial charge is 0.387 e. The molecule has 2 aromatic rings. The maximum Gasteiger partial charge on any atom is 0.387 e. The predicted octanol–water partition coefficient (Wildman–Crippen LogP) is 4.39. The van der Waals surface area contributed by atoms with E-state index in [1.165, 1.54) is 6.07 Å². The molecule has 6 nitrogen and oxygen atoms in total. The molecule has 2 rings (SSSR count). The molecule has 0 saturated heterocycles. The normalized spacial score (nSPS) is 11.0. The Morgan fingerprint density at radius 2 is 2.00 bits per heavy atom. The van der Waals surface area contributed by atoms with Crippen molar-refractivity contribution in [3.8, 4) is 11.5 Å². The van der Waals surface area contributed by atoms with E-state index >= 15 is 0 Å². The maximum absolute atomic E-state index is 12.8. The number of aromatic nitrogens is 1. The second kappa shape index (κ2) is 14.8. The average Bonchev–Trinajstić information content (AvgIpc) is 2.71. The van der Waals surface area contributed by atoms with Gasteiger partial charge in [-0.05, 0) is 37.6 Å². The number of hydrogen-bond donors (Lipinski definition) is 2. The number of rotatable bonds is 11. The van der Waals surface area contributed by atoms with Gasteiger partial charge in [0.15, 0.2) is 5.96 Å². The SMILES string of the molecule is CCCOc1ccc(CN=C(NCC)NCCc2ccccn2)c(OC(F)F)c1.I. The van der Waals surface area contributed by atoms with Crippen molar-refractivity contribution in [2.24, 2.45) is 4.99 Å². The van der Waals surface area contributed by atoms with Gasteiger partial charge in [0.1, 0.15) is 11.5 Å². The van der Waals surface area contributed by atoms with Crippen molar-refractivity contribution in [3.05, 3.63) is 53.9 Å². The minimum atomic E-state index is -2.91. The Morgan fingerprint density at radius 1 is 1.17 bits per heavy atom. The van der Waals surface area contributed by atoms with E-state index in [1.54, 1.807) is 18.3 Å². The minimum absolute atomic E-state index is 0. The van der Waals surface area contributed by atoms with Gasteiger partial charge in [-0.15, -0.1) is 24.0 Å². The summed E-state index contributed by atoms with van der Waals surface area (Å²) in [7, 11) is 0. The molecule has 0 amide bonds. The third kappa shape index (κ3) is 9.55. The van der Waals surface area contributed by atoms with Crippen molar-refractivity contribution in [2.45, 2.75) is 39.8 Å². The largest absolute Gasteiger partial charge is 0.493 e. The topological polar surface area (TPSA) is 67.8 Å². The minimum Gasteiger partial charge on any atom is -0.493 e. The lowest BCUT2D eigenvalue weighted by Gasteiger charge is -2.14. The molecule has 1 aromatic carbocycles. The molecule has 1 aromatic heterocycles. The van der Waals surface area contributed by atoms with Gasteiger partial charge in [-0.1, -0.05) is 13.0 Å². The number of nitrogens with zero attached hydrogens (tertiary/aromatic N) is 2. The van der Waals surface area contributed by atoms with Gasteiger partial charge in [0.2, 0.25) is 0 Å². The zero-order valence-corrected chi connectivity index (χ0v) is 19.6. The Morgan fingerprint density at radius 3 is 2.67 bits per heavy atom. The fraction of sp³-hybridized carbons (Fsp3) is 0.429. The van der Waals surface area contributed by atoms with E-state index in [4.69, 9.17) is 4.74 Å². The summed E-state index contributed by atoms with van der Waals surface area (Å²) in [6.45, 7) is 3.05. The summed E-state index contributed by atoms with van der Waals surface area (Å²) >= 11 is 0. The van der Waals surface area contributed by atoms with E-state index < -0.39 is 6.61 Å². The van der Waals surface area contributed by atoms with Gasteiger partial charge in [0, 0.05) is 43.0 Å². The predicted molar refractivity (Wildman–Crippen MR) is 125 cm³/mol. The quantitative estimate of drug-likeness (QED) is 0.255. The molecule has 0 fully saturated rings. The van der Waals surface area contributed by atoms with Crippen LogP contribution in [-0.4, -0.2) is 37.3 Å². The van der Waals surface area contributed by atoms with Crippen LogP contribution in [0, 0.1) is 0 Å². The summed E-state index contributed by atoms with van der Waals surface area (Å²) in [5.74, 6) is 1.16. The average molecular weight is 534 g/mol. The van der Waals surface area contributed by atoms with Gasteiger partial charge < -0.3 is 20.1 Å². The van der Waals surface area contributed by atoms with Gasteiger partial charge in [-0.3, -0.25) is 4.98 Å². The highest BCUT2D eigenvalue weighted by Gasteiger charge is 2.12. The zero-order valence-electron chi connectivity index (χ0n) is 17.2. The third-order valence-electron chi connectivity index (χ3n) is 3.88. The molecule has 0 spiro atoms. The molecule has 0 atom stereocenters. The van der Waals surface area contributed by atoms with Crippen LogP contribution in [-0.2, 0) is 13.0 Å². The van der Waals surface area contributed by atoms with Crippen LogP contribution < -0.4 is 20.1 Å². The van der Waals surface area contributed by atoms with E-state index in [9.17, 15) is 8.78 Å². The van der Waals surface area contributed by atoms with Crippen LogP contribution in [0.25, 0.3) is 0 Å². The lowest BCUT2D eigenvalue weighted by molar-refractivity contribution is -0.0505. The highest BCUT2D eigenvalue weighted by molar-refractivity contribution is 14.0. The summed E-state index contributed by atoms with van der Waals surface area (Å²) in [5.41, 5.74) is 1.53. The molecule has 0 aliphatic carbocycles. The van der Waals surface area contributed by atoms with Crippen molar-refractivity contribution in [2.75, 3.05) is 19.7 Å². The number of ether oxygens (including phenoxy) is 2. The molecule has 0 saturated carbocycles. The number of aliphatic imine (C=N–C) groups is 1. The van der Waals surface area contributed by atoms with Crippen LogP contribution in [0.2, 0.25) is 0 Å². The summed E-state index contributed by atoms with van der Waals surface area (Å²) in [4.78, 5) is 8.77. The molecule has 0 aliphatic rings. The van der Waals surface area contributed by atoms with Crippen molar-refractivity contribution < 1.29 is 18.3 Å². The van der Waals surface area contributed by atoms with E-state index in [1.807, 2.05) is 32.0 Å². The van der Waals surface area contributed by atoms with E-state index in [-0.39, 0.29) is 36.3 Å². The molecule has 0 bridgehead atoms. The molecule has 0 radical (unpaired) electrons. The number of guanidine groups is 1. The van der Waals surface area contributed by atoms with Crippen LogP contribution in [0.5, 0.6) is 11.5 Å². The lowest BCUT2D eigenvalue weighted by atomic mass is 10.2. The summed E-state index contributed by atoms with van der Waals surface area (Å²) in [6, 6.07) is 10.7. The number of nitrogens with one attached hydrogen (secondary N) is 2. The first-order chi connectivity index (χ1) is 14.1. The van der Waals surface area contributed by atoms with E-state index in [0.29, 0.717) is 37.0 Å². The fourth-order valence-electron chi connectivity index (χ4n) is 2.54. The molecular weight excluding hydrogens is 505 g/mol. The standard InChI is InChI=1S/C21H28F2N4O2.HI/c1-3-13-28-18-9-8-16(19(14-18)29-20(22)23)15-27-21(24-4-2)26-12-10-17-7-5-6-11-25-17;/h5-9,11,14,20H,3-4,10,12-13,15H2,1-2H3,(H2,24,26,27);1H. The number of halogens is 3. The first-order valence-corrected chi connectivity index (χ1v) is 9.75. The van der Waals surface area contributed by atoms with Crippen LogP contribution in [0.15, 0.2) is 47.6 Å². The first-order valence-electron chi connectivity index (χ1n) is 9.75. The monoisotopic (exact) mass is 534 g/mol. The lowest BCUT2D eigenvalue weighted by Crippen LogP contribution is -2.38. The Kier molecular flexibility index (Phi) is 12.7. The molecule has 0 unspecified atom stereocenters. The number of alkyl halides is 2. The van der Waals surface area contributed by atoms with Crippen LogP contribution in [0.4, 0.5) is 8.78 Å². The molecule has 9 heteroatoms. The Balaban J connectivity index is 0.00000450. The van der Waals surface area contributed by atoms with E-state index in [2.05, 4.69) is 25.3 Å². The summed E-state index contributed by atoms with van der Waals surface area (Å²) in [5, 5.41) is 6.37. The number of pyridine rings is 1. The van der Waals surface area contributed by atoms with Crippen molar-refractivity contribution in [1.82, 2.24) is 15.6 Å². The molecule has 166 valence electrons. The zero-order chi connectivity index (χ0) is 20.9. The van der Waals surface area contributed by atoms with Gasteiger partial charge in [0.05, 0.1) is 13.2 Å². The highest BCUT2D eigenvalue weighted by atomic mass is 127. The Hall–Kier alpha value is -2.17. The van der Waals surface area contributed by atoms with Crippen LogP contribution >= 0.6 is 24.0 Å². The van der Waals surface area contributed by atoms with Crippen molar-refractivity contribution >= 4 is 29.9 Å². The van der Waals surface area contributed by atoms with Gasteiger partial charge >= 0.3 is 6.61 Å². The van der Waals surface area contributed by atoms with Gasteiger partial charge in [-0.2, -0.15) is 8.78 Å². The number of hydrogen-bond acceptors (Lipinski definition) is 4. The highest BCUT2D eigenvalue weighted by Crippen LogP contribution is 2.27. The fourth-order valence-corrected chi connectivity index (χ4v) is 2.54. The summed E-state index contributed by atoms with van der Waals surface area (Å²) < 4.78 is 35.8. The molecular formula is C21H29F2IN4O2. The Bertz CT molecular complexity index is 764. The molecule has 1 heterocycles. The first kappa shape index (κ1) is 25.9. The van der Waals surface area contributed by atoms with Crippen molar-refractivity contribution in [3.63, 3.8) is 0 Å². The molecule has 30 heavy (non-hydrogen) atoms. The number of benzene rings is 1. The second-order valence-electron chi connectivity index (χ2n) is 6.19. The van der Waals surface area contributed by atoms with Gasteiger partial charge in [0.25, 0.3) is 0 Å². The Labute approximate surface area is 193 Å². The maximum atomic E-state index is 12.8. The van der Waals surface area contributed by atoms with Crippen LogP contribution in [0.1, 0.15) is 31.5 Å². The third-order valence-corrected chi connectivity index (χ3v) is 3.88. The van der Waals surface area contributed by atoms with Crippen LogP contribution in [0.3, 0.4) is 0 Å². The van der Waals surface area contributed by atoms with Gasteiger partial charge in [-0.25, -0.2) is 4.99 Å². The molecule has 2 N–H and O–H groups in total. The molecule has 0 aliphatic heterocycles. The van der Waals surface area contributed by atoms with E-state index in [0.717, 1.165) is 18.5 Å². The second-order valence-corrected chi connectivity index (χ2v) is 6.19. The summed E-state index contributed by atoms with van der Waals surface area (Å²) in [6.07, 6.45) is 3.33.